The van der Waals surface area contributed by atoms with Crippen LogP contribution in [0.4, 0.5) is 0 Å². The molecular formula is C9H7BClNO. The minimum atomic E-state index is 0.653. The van der Waals surface area contributed by atoms with E-state index in [4.69, 9.17) is 11.6 Å². The van der Waals surface area contributed by atoms with Crippen LogP contribution in [0, 0.1) is 0 Å². The van der Waals surface area contributed by atoms with Crippen molar-refractivity contribution in [3.8, 4) is 0 Å². The van der Waals surface area contributed by atoms with Gasteiger partial charge >= 0.3 is 0 Å². The Morgan fingerprint density at radius 2 is 2.23 bits per heavy atom. The number of carbonyl (C=O) groups is 1. The molecule has 1 heterocycles. The fraction of sp³-hybridized carbons (Fsp3) is 0. The summed E-state index contributed by atoms with van der Waals surface area (Å²) in [4.78, 5) is 13.7. The lowest BCUT2D eigenvalue weighted by molar-refractivity contribution is 0.112. The van der Waals surface area contributed by atoms with Crippen LogP contribution in [0.1, 0.15) is 10.4 Å². The van der Waals surface area contributed by atoms with Gasteiger partial charge < -0.3 is 4.98 Å². The van der Waals surface area contributed by atoms with Crippen molar-refractivity contribution in [2.24, 2.45) is 0 Å². The van der Waals surface area contributed by atoms with Gasteiger partial charge in [0.15, 0.2) is 6.29 Å². The van der Waals surface area contributed by atoms with Gasteiger partial charge in [0.1, 0.15) is 7.85 Å². The maximum absolute atomic E-state index is 10.6. The summed E-state index contributed by atoms with van der Waals surface area (Å²) in [6.07, 6.45) is 2.52. The molecule has 0 saturated heterocycles. The van der Waals surface area contributed by atoms with Gasteiger partial charge in [-0.15, -0.1) is 0 Å². The maximum Gasteiger partial charge on any atom is 0.152 e. The molecule has 0 atom stereocenters. The van der Waals surface area contributed by atoms with E-state index in [1.165, 1.54) is 0 Å². The van der Waals surface area contributed by atoms with Crippen LogP contribution in [-0.2, 0) is 0 Å². The number of aromatic amines is 1. The minimum absolute atomic E-state index is 0.653. The van der Waals surface area contributed by atoms with Crippen molar-refractivity contribution in [3.63, 3.8) is 0 Å². The molecule has 0 fully saturated rings. The molecule has 2 nitrogen and oxygen atoms in total. The molecule has 0 aliphatic carbocycles. The molecule has 0 aliphatic heterocycles. The van der Waals surface area contributed by atoms with Crippen LogP contribution < -0.4 is 5.46 Å². The summed E-state index contributed by atoms with van der Waals surface area (Å²) < 4.78 is 0. The van der Waals surface area contributed by atoms with Crippen LogP contribution in [0.15, 0.2) is 18.3 Å². The van der Waals surface area contributed by atoms with Crippen molar-refractivity contribution in [2.45, 2.75) is 0 Å². The van der Waals surface area contributed by atoms with Gasteiger partial charge in [0, 0.05) is 27.7 Å². The second kappa shape index (κ2) is 2.93. The first kappa shape index (κ1) is 8.39. The Balaban J connectivity index is 2.89. The molecule has 0 aliphatic rings. The lowest BCUT2D eigenvalue weighted by atomic mass is 9.93. The van der Waals surface area contributed by atoms with Gasteiger partial charge in [-0.05, 0) is 12.1 Å². The largest absolute Gasteiger partial charge is 0.361 e. The van der Waals surface area contributed by atoms with Crippen LogP contribution in [0.3, 0.4) is 0 Å². The van der Waals surface area contributed by atoms with Gasteiger partial charge in [-0.25, -0.2) is 0 Å². The van der Waals surface area contributed by atoms with Crippen molar-refractivity contribution in [3.05, 3.63) is 28.9 Å². The number of fused-ring (bicyclic) bond motifs is 1. The molecular weight excluding hydrogens is 184 g/mol. The van der Waals surface area contributed by atoms with Crippen LogP contribution in [0.25, 0.3) is 10.9 Å². The molecule has 2 rings (SSSR count). The highest BCUT2D eigenvalue weighted by molar-refractivity contribution is 6.41. The lowest BCUT2D eigenvalue weighted by Crippen LogP contribution is -2.03. The summed E-state index contributed by atoms with van der Waals surface area (Å²) in [7, 11) is 1.96. The van der Waals surface area contributed by atoms with Crippen molar-refractivity contribution in [1.29, 1.82) is 0 Å². The first-order valence-corrected chi connectivity index (χ1v) is 4.32. The zero-order valence-electron chi connectivity index (χ0n) is 7.10. The van der Waals surface area contributed by atoms with Gasteiger partial charge in [-0.1, -0.05) is 17.1 Å². The molecule has 0 spiro atoms. The first-order valence-electron chi connectivity index (χ1n) is 3.95. The van der Waals surface area contributed by atoms with E-state index < -0.39 is 0 Å². The third-order valence-corrected chi connectivity index (χ3v) is 2.33. The minimum Gasteiger partial charge on any atom is -0.361 e. The number of benzene rings is 1. The van der Waals surface area contributed by atoms with Crippen LogP contribution in [-0.4, -0.2) is 19.1 Å². The molecule has 0 amide bonds. The Kier molecular flexibility index (Phi) is 1.89. The quantitative estimate of drug-likeness (QED) is 0.527. The highest BCUT2D eigenvalue weighted by atomic mass is 35.5. The molecule has 1 N–H and O–H groups in total. The monoisotopic (exact) mass is 191 g/mol. The molecule has 0 bridgehead atoms. The summed E-state index contributed by atoms with van der Waals surface area (Å²) in [5.41, 5.74) is 2.68. The Morgan fingerprint density at radius 1 is 1.46 bits per heavy atom. The van der Waals surface area contributed by atoms with E-state index in [-0.39, 0.29) is 0 Å². The van der Waals surface area contributed by atoms with Crippen molar-refractivity contribution < 1.29 is 4.79 Å². The molecule has 0 saturated carbocycles. The van der Waals surface area contributed by atoms with Gasteiger partial charge in [-0.3, -0.25) is 4.79 Å². The average molecular weight is 191 g/mol. The molecule has 2 aromatic rings. The molecule has 0 radical (unpaired) electrons. The van der Waals surface area contributed by atoms with E-state index in [2.05, 4.69) is 4.98 Å². The van der Waals surface area contributed by atoms with E-state index in [0.717, 1.165) is 22.7 Å². The molecule has 1 aromatic heterocycles. The number of H-pyrrole nitrogens is 1. The van der Waals surface area contributed by atoms with Crippen molar-refractivity contribution in [1.82, 2.24) is 4.98 Å². The third kappa shape index (κ3) is 1.25. The summed E-state index contributed by atoms with van der Waals surface area (Å²) in [6, 6.07) is 3.67. The number of hydrogen-bond acceptors (Lipinski definition) is 1. The second-order valence-electron chi connectivity index (χ2n) is 3.01. The fourth-order valence-corrected chi connectivity index (χ4v) is 1.76. The first-order chi connectivity index (χ1) is 6.22. The number of aldehydes is 1. The number of carbonyl (C=O) groups excluding carboxylic acids is 1. The van der Waals surface area contributed by atoms with Crippen LogP contribution in [0.2, 0.25) is 5.02 Å². The maximum atomic E-state index is 10.6. The smallest absolute Gasteiger partial charge is 0.152 e. The van der Waals surface area contributed by atoms with E-state index in [1.807, 2.05) is 13.9 Å². The number of halogens is 1. The zero-order chi connectivity index (χ0) is 9.42. The fourth-order valence-electron chi connectivity index (χ4n) is 1.49. The van der Waals surface area contributed by atoms with E-state index >= 15 is 0 Å². The zero-order valence-corrected chi connectivity index (χ0v) is 7.85. The topological polar surface area (TPSA) is 32.9 Å². The number of rotatable bonds is 1. The van der Waals surface area contributed by atoms with Gasteiger partial charge in [0.05, 0.1) is 0 Å². The van der Waals surface area contributed by atoms with E-state index in [9.17, 15) is 4.79 Å². The van der Waals surface area contributed by atoms with Crippen molar-refractivity contribution >= 4 is 42.1 Å². The Bertz CT molecular complexity index is 478. The highest BCUT2D eigenvalue weighted by Crippen LogP contribution is 2.19. The lowest BCUT2D eigenvalue weighted by Gasteiger charge is -1.97. The second-order valence-corrected chi connectivity index (χ2v) is 3.44. The van der Waals surface area contributed by atoms with Gasteiger partial charge in [-0.2, -0.15) is 0 Å². The molecule has 13 heavy (non-hydrogen) atoms. The molecule has 1 aromatic carbocycles. The predicted molar refractivity (Wildman–Crippen MR) is 56.9 cm³/mol. The molecule has 4 heteroatoms. The average Bonchev–Trinajstić information content (AvgIpc) is 2.47. The number of aromatic nitrogens is 1. The predicted octanol–water partition coefficient (Wildman–Crippen LogP) is 0.892. The van der Waals surface area contributed by atoms with Gasteiger partial charge in [0.2, 0.25) is 0 Å². The van der Waals surface area contributed by atoms with Crippen molar-refractivity contribution in [2.75, 3.05) is 0 Å². The summed E-state index contributed by atoms with van der Waals surface area (Å²) in [6.45, 7) is 0. The Hall–Kier alpha value is -1.22. The third-order valence-electron chi connectivity index (χ3n) is 2.11. The summed E-state index contributed by atoms with van der Waals surface area (Å²) in [5, 5.41) is 1.55. The van der Waals surface area contributed by atoms with E-state index in [0.29, 0.717) is 10.6 Å². The SMILES string of the molecule is Bc1cc(Cl)cc2c(C=O)c[nH]c12. The van der Waals surface area contributed by atoms with Crippen LogP contribution >= 0.6 is 11.6 Å². The summed E-state index contributed by atoms with van der Waals surface area (Å²) in [5.74, 6) is 0. The highest BCUT2D eigenvalue weighted by Gasteiger charge is 2.05. The van der Waals surface area contributed by atoms with E-state index in [1.54, 1.807) is 12.3 Å². The standard InChI is InChI=1S/C9H7BClNO/c10-8-2-6(11)1-7-5(4-13)3-12-9(7)8/h1-4,12H,10H2. The number of nitrogens with one attached hydrogen (secondary N) is 1. The molecule has 64 valence electrons. The summed E-state index contributed by atoms with van der Waals surface area (Å²) >= 11 is 5.88. The molecule has 0 unspecified atom stereocenters. The van der Waals surface area contributed by atoms with Gasteiger partial charge in [0.25, 0.3) is 0 Å². The Morgan fingerprint density at radius 3 is 2.92 bits per heavy atom. The number of hydrogen-bond donors (Lipinski definition) is 1. The normalized spacial score (nSPS) is 10.5. The Labute approximate surface area is 81.3 Å². The van der Waals surface area contributed by atoms with Crippen LogP contribution in [0.5, 0.6) is 0 Å².